The second-order valence-electron chi connectivity index (χ2n) is 8.32. The van der Waals surface area contributed by atoms with Crippen LogP contribution in [0.2, 0.25) is 10.0 Å². The maximum Gasteiger partial charge on any atom is 0.187 e. The zero-order chi connectivity index (χ0) is 26.4. The third-order valence-electron chi connectivity index (χ3n) is 5.70. The minimum atomic E-state index is -0.267. The van der Waals surface area contributed by atoms with Gasteiger partial charge in [0.25, 0.3) is 0 Å². The Labute approximate surface area is 224 Å². The van der Waals surface area contributed by atoms with Crippen LogP contribution in [0.4, 0.5) is 0 Å². The third-order valence-corrected chi connectivity index (χ3v) is 6.36. The first kappa shape index (κ1) is 26.0. The van der Waals surface area contributed by atoms with Crippen LogP contribution in [0.5, 0.6) is 11.5 Å². The van der Waals surface area contributed by atoms with E-state index < -0.39 is 0 Å². The van der Waals surface area contributed by atoms with Gasteiger partial charge in [0.1, 0.15) is 11.5 Å². The minimum absolute atomic E-state index is 0.0411. The molecule has 37 heavy (non-hydrogen) atoms. The number of phenols is 2. The molecule has 4 aromatic rings. The quantitative estimate of drug-likeness (QED) is 0.181. The van der Waals surface area contributed by atoms with Gasteiger partial charge in [-0.15, -0.1) is 0 Å². The molecule has 0 atom stereocenters. The lowest BCUT2D eigenvalue weighted by atomic mass is 9.99. The van der Waals surface area contributed by atoms with Gasteiger partial charge in [-0.1, -0.05) is 59.6 Å². The third kappa shape index (κ3) is 6.56. The van der Waals surface area contributed by atoms with Crippen LogP contribution in [-0.2, 0) is 6.42 Å². The van der Waals surface area contributed by atoms with Crippen LogP contribution in [-0.4, -0.2) is 21.8 Å². The van der Waals surface area contributed by atoms with Gasteiger partial charge in [-0.25, -0.2) is 0 Å². The molecular formula is C31H22Cl2O4. The lowest BCUT2D eigenvalue weighted by molar-refractivity contribution is 0.104. The molecule has 0 aliphatic carbocycles. The normalized spacial score (nSPS) is 11.3. The summed E-state index contributed by atoms with van der Waals surface area (Å²) in [6.07, 6.45) is 6.35. The average Bonchev–Trinajstić information content (AvgIpc) is 2.89. The number of aromatic hydroxyl groups is 2. The number of rotatable bonds is 8. The number of phenolic OH excluding ortho intramolecular Hbond substituents is 2. The molecule has 0 heterocycles. The molecule has 0 bridgehead atoms. The molecule has 0 radical (unpaired) electrons. The molecule has 0 amide bonds. The van der Waals surface area contributed by atoms with Crippen molar-refractivity contribution in [2.45, 2.75) is 6.42 Å². The predicted octanol–water partition coefficient (Wildman–Crippen LogP) is 7.79. The van der Waals surface area contributed by atoms with Gasteiger partial charge in [0, 0.05) is 22.3 Å². The Kier molecular flexibility index (Phi) is 8.24. The predicted molar refractivity (Wildman–Crippen MR) is 149 cm³/mol. The van der Waals surface area contributed by atoms with Crippen LogP contribution in [0, 0.1) is 0 Å². The number of benzene rings is 4. The summed E-state index contributed by atoms with van der Waals surface area (Å²) < 4.78 is 0. The Morgan fingerprint density at radius 3 is 1.43 bits per heavy atom. The van der Waals surface area contributed by atoms with E-state index in [9.17, 15) is 19.8 Å². The summed E-state index contributed by atoms with van der Waals surface area (Å²) in [6.45, 7) is 0. The van der Waals surface area contributed by atoms with Gasteiger partial charge < -0.3 is 10.2 Å². The number of halogens is 2. The lowest BCUT2D eigenvalue weighted by Gasteiger charge is -2.08. The Hall–Kier alpha value is -4.12. The Balaban J connectivity index is 1.52. The number of hydrogen-bond donors (Lipinski definition) is 2. The van der Waals surface area contributed by atoms with Crippen LogP contribution in [0.1, 0.15) is 43.0 Å². The summed E-state index contributed by atoms with van der Waals surface area (Å²) in [5, 5.41) is 21.3. The van der Waals surface area contributed by atoms with Gasteiger partial charge in [-0.2, -0.15) is 0 Å². The van der Waals surface area contributed by atoms with Gasteiger partial charge in [-0.05, 0) is 90.4 Å². The summed E-state index contributed by atoms with van der Waals surface area (Å²) in [5.74, 6) is -0.452. The zero-order valence-corrected chi connectivity index (χ0v) is 21.1. The maximum absolute atomic E-state index is 12.5. The van der Waals surface area contributed by atoms with E-state index in [-0.39, 0.29) is 23.1 Å². The minimum Gasteiger partial charge on any atom is -0.507 e. The number of carbonyl (C=O) groups is 2. The van der Waals surface area contributed by atoms with Crippen molar-refractivity contribution in [2.24, 2.45) is 0 Å². The number of hydrogen-bond acceptors (Lipinski definition) is 4. The second-order valence-corrected chi connectivity index (χ2v) is 9.13. The molecule has 4 nitrogen and oxygen atoms in total. The van der Waals surface area contributed by atoms with Crippen molar-refractivity contribution in [3.8, 4) is 11.5 Å². The summed E-state index contributed by atoms with van der Waals surface area (Å²) in [4.78, 5) is 25.0. The van der Waals surface area contributed by atoms with E-state index in [1.165, 1.54) is 12.2 Å². The van der Waals surface area contributed by atoms with Crippen LogP contribution < -0.4 is 0 Å². The highest BCUT2D eigenvalue weighted by molar-refractivity contribution is 6.35. The summed E-state index contributed by atoms with van der Waals surface area (Å²) in [5.41, 5.74) is 3.51. The monoisotopic (exact) mass is 528 g/mol. The average molecular weight is 529 g/mol. The molecule has 0 aromatic heterocycles. The molecule has 0 saturated carbocycles. The highest BCUT2D eigenvalue weighted by Crippen LogP contribution is 2.26. The standard InChI is InChI=1S/C31H22Cl2O4/c32-26-7-3-1-5-24(26)30(36)15-11-22-18-20(9-13-28(22)34)17-21-10-14-29(35)23(19-21)12-16-31(37)25-6-2-4-8-27(25)33/h1-16,18-19,34-35H,17H2/b15-11+,16-12+. The molecule has 0 aliphatic heterocycles. The van der Waals surface area contributed by atoms with Crippen LogP contribution in [0.25, 0.3) is 12.2 Å². The fourth-order valence-corrected chi connectivity index (χ4v) is 4.22. The Morgan fingerprint density at radius 1 is 0.622 bits per heavy atom. The number of allylic oxidation sites excluding steroid dienone is 2. The van der Waals surface area contributed by atoms with Gasteiger partial charge in [0.15, 0.2) is 11.6 Å². The van der Waals surface area contributed by atoms with Gasteiger partial charge in [-0.3, -0.25) is 9.59 Å². The zero-order valence-electron chi connectivity index (χ0n) is 19.6. The van der Waals surface area contributed by atoms with E-state index in [4.69, 9.17) is 23.2 Å². The molecule has 6 heteroatoms. The van der Waals surface area contributed by atoms with Crippen molar-refractivity contribution in [3.63, 3.8) is 0 Å². The molecule has 0 fully saturated rings. The topological polar surface area (TPSA) is 74.6 Å². The van der Waals surface area contributed by atoms with Gasteiger partial charge in [0.05, 0.1) is 10.0 Å². The van der Waals surface area contributed by atoms with Crippen molar-refractivity contribution >= 4 is 46.9 Å². The van der Waals surface area contributed by atoms with Crippen molar-refractivity contribution in [1.82, 2.24) is 0 Å². The molecule has 4 aromatic carbocycles. The van der Waals surface area contributed by atoms with E-state index in [2.05, 4.69) is 0 Å². The molecule has 0 spiro atoms. The number of ketones is 2. The molecule has 0 saturated heterocycles. The van der Waals surface area contributed by atoms with E-state index >= 15 is 0 Å². The summed E-state index contributed by atoms with van der Waals surface area (Å²) in [6, 6.07) is 23.8. The van der Waals surface area contributed by atoms with Gasteiger partial charge in [0.2, 0.25) is 0 Å². The molecular weight excluding hydrogens is 507 g/mol. The summed E-state index contributed by atoms with van der Waals surface area (Å²) in [7, 11) is 0. The highest BCUT2D eigenvalue weighted by Gasteiger charge is 2.09. The first-order valence-electron chi connectivity index (χ1n) is 11.4. The molecule has 184 valence electrons. The van der Waals surface area contributed by atoms with Gasteiger partial charge >= 0.3 is 0 Å². The number of carbonyl (C=O) groups excluding carboxylic acids is 2. The molecule has 0 aliphatic rings. The van der Waals surface area contributed by atoms with E-state index in [1.54, 1.807) is 97.1 Å². The van der Waals surface area contributed by atoms with Crippen LogP contribution in [0.15, 0.2) is 97.1 Å². The Bertz CT molecular complexity index is 1420. The Morgan fingerprint density at radius 2 is 1.03 bits per heavy atom. The summed E-state index contributed by atoms with van der Waals surface area (Å²) >= 11 is 12.2. The maximum atomic E-state index is 12.5. The molecule has 2 N–H and O–H groups in total. The van der Waals surface area contributed by atoms with E-state index in [0.29, 0.717) is 38.7 Å². The lowest BCUT2D eigenvalue weighted by Crippen LogP contribution is -1.95. The molecule has 0 unspecified atom stereocenters. The smallest absolute Gasteiger partial charge is 0.187 e. The fraction of sp³-hybridized carbons (Fsp3) is 0.0323. The first-order chi connectivity index (χ1) is 17.8. The van der Waals surface area contributed by atoms with E-state index in [1.807, 2.05) is 0 Å². The second kappa shape index (κ2) is 11.7. The van der Waals surface area contributed by atoms with E-state index in [0.717, 1.165) is 11.1 Å². The first-order valence-corrected chi connectivity index (χ1v) is 12.1. The van der Waals surface area contributed by atoms with Crippen LogP contribution >= 0.6 is 23.2 Å². The fourth-order valence-electron chi connectivity index (χ4n) is 3.76. The highest BCUT2D eigenvalue weighted by atomic mass is 35.5. The van der Waals surface area contributed by atoms with Crippen molar-refractivity contribution < 1.29 is 19.8 Å². The van der Waals surface area contributed by atoms with Crippen molar-refractivity contribution in [2.75, 3.05) is 0 Å². The largest absolute Gasteiger partial charge is 0.507 e. The molecule has 4 rings (SSSR count). The SMILES string of the molecule is O=C(/C=C/c1cc(Cc2ccc(O)c(/C=C/C(=O)c3ccccc3Cl)c2)ccc1O)c1ccccc1Cl. The van der Waals surface area contributed by atoms with Crippen molar-refractivity contribution in [1.29, 1.82) is 0 Å². The van der Waals surface area contributed by atoms with Crippen molar-refractivity contribution in [3.05, 3.63) is 141 Å². The van der Waals surface area contributed by atoms with Crippen LogP contribution in [0.3, 0.4) is 0 Å².